The Morgan fingerprint density at radius 2 is 2.00 bits per heavy atom. The van der Waals surface area contributed by atoms with E-state index in [1.54, 1.807) is 4.90 Å². The van der Waals surface area contributed by atoms with Gasteiger partial charge in [-0.05, 0) is 5.57 Å². The molecule has 2 rings (SSSR count). The number of hydrogen-bond acceptors (Lipinski definition) is 3. The quantitative estimate of drug-likeness (QED) is 0.827. The van der Waals surface area contributed by atoms with Crippen molar-refractivity contribution in [2.24, 2.45) is 5.92 Å². The molecule has 5 heteroatoms. The van der Waals surface area contributed by atoms with Crippen LogP contribution in [0.1, 0.15) is 12.8 Å². The summed E-state index contributed by atoms with van der Waals surface area (Å²) in [7, 11) is 0. The Hall–Kier alpha value is -2.04. The van der Waals surface area contributed by atoms with Crippen molar-refractivity contribution >= 4 is 11.9 Å². The van der Waals surface area contributed by atoms with Crippen molar-refractivity contribution in [3.05, 3.63) is 36.7 Å². The predicted octanol–water partition coefficient (Wildman–Crippen LogP) is 1.21. The maximum absolute atomic E-state index is 11.7. The van der Waals surface area contributed by atoms with Crippen LogP contribution in [0.2, 0.25) is 0 Å². The second kappa shape index (κ2) is 4.91. The number of hydrogen-bond donors (Lipinski definition) is 1. The molecule has 19 heavy (non-hydrogen) atoms. The van der Waals surface area contributed by atoms with Crippen LogP contribution in [0.5, 0.6) is 0 Å². The number of allylic oxidation sites excluding steroid dienone is 2. The predicted molar refractivity (Wildman–Crippen MR) is 71.1 cm³/mol. The zero-order valence-electron chi connectivity index (χ0n) is 10.9. The van der Waals surface area contributed by atoms with E-state index in [2.05, 4.69) is 19.7 Å². The highest BCUT2D eigenvalue weighted by Crippen LogP contribution is 2.31. The Bertz CT molecular complexity index is 481. The van der Waals surface area contributed by atoms with E-state index >= 15 is 0 Å². The summed E-state index contributed by atoms with van der Waals surface area (Å²) in [5.74, 6) is -1.58. The van der Waals surface area contributed by atoms with Crippen molar-refractivity contribution in [1.29, 1.82) is 0 Å². The molecule has 0 aliphatic carbocycles. The van der Waals surface area contributed by atoms with Crippen LogP contribution in [0.25, 0.3) is 0 Å². The van der Waals surface area contributed by atoms with Crippen molar-refractivity contribution < 1.29 is 14.7 Å². The van der Waals surface area contributed by atoms with Crippen molar-refractivity contribution in [2.75, 3.05) is 19.6 Å². The summed E-state index contributed by atoms with van der Waals surface area (Å²) in [5.41, 5.74) is 2.71. The molecule has 2 heterocycles. The first-order chi connectivity index (χ1) is 8.90. The van der Waals surface area contributed by atoms with Crippen LogP contribution >= 0.6 is 0 Å². The minimum Gasteiger partial charge on any atom is -0.481 e. The third-order valence-corrected chi connectivity index (χ3v) is 3.69. The van der Waals surface area contributed by atoms with Gasteiger partial charge in [0.15, 0.2) is 0 Å². The first-order valence-corrected chi connectivity index (χ1v) is 6.23. The molecule has 0 aromatic heterocycles. The van der Waals surface area contributed by atoms with E-state index in [0.717, 1.165) is 17.0 Å². The van der Waals surface area contributed by atoms with E-state index in [1.807, 2.05) is 4.90 Å². The van der Waals surface area contributed by atoms with Crippen molar-refractivity contribution in [3.8, 4) is 0 Å². The maximum Gasteiger partial charge on any atom is 0.308 e. The SMILES string of the molecule is C=C1CC(=C)N(CCN2CC(C(=O)O)CC2=O)C1=C. The number of carbonyl (C=O) groups excluding carboxylic acids is 1. The van der Waals surface area contributed by atoms with Crippen molar-refractivity contribution in [2.45, 2.75) is 12.8 Å². The van der Waals surface area contributed by atoms with Crippen LogP contribution in [0.3, 0.4) is 0 Å². The van der Waals surface area contributed by atoms with Gasteiger partial charge in [-0.25, -0.2) is 0 Å². The molecule has 0 bridgehead atoms. The standard InChI is InChI=1S/C14H18N2O3/c1-9-6-10(2)16(11(9)3)5-4-15-8-12(14(18)19)7-13(15)17/h12H,1-8H2,(H,18,19). The zero-order chi connectivity index (χ0) is 14.2. The average molecular weight is 262 g/mol. The molecule has 0 spiro atoms. The lowest BCUT2D eigenvalue weighted by Gasteiger charge is -2.24. The molecule has 0 radical (unpaired) electrons. The Balaban J connectivity index is 1.91. The molecule has 0 aromatic carbocycles. The van der Waals surface area contributed by atoms with Crippen LogP contribution < -0.4 is 0 Å². The second-order valence-electron chi connectivity index (χ2n) is 5.02. The smallest absolute Gasteiger partial charge is 0.308 e. The molecule has 1 atom stereocenters. The van der Waals surface area contributed by atoms with Gasteiger partial charge in [0, 0.05) is 43.9 Å². The Morgan fingerprint density at radius 1 is 1.32 bits per heavy atom. The van der Waals surface area contributed by atoms with E-state index in [4.69, 9.17) is 5.11 Å². The van der Waals surface area contributed by atoms with Crippen LogP contribution in [0.4, 0.5) is 0 Å². The maximum atomic E-state index is 11.7. The first kappa shape index (κ1) is 13.4. The highest BCUT2D eigenvalue weighted by Gasteiger charge is 2.34. The van der Waals surface area contributed by atoms with Gasteiger partial charge >= 0.3 is 5.97 Å². The van der Waals surface area contributed by atoms with Gasteiger partial charge in [-0.2, -0.15) is 0 Å². The lowest BCUT2D eigenvalue weighted by Crippen LogP contribution is -2.34. The summed E-state index contributed by atoms with van der Waals surface area (Å²) in [4.78, 5) is 26.1. The molecular weight excluding hydrogens is 244 g/mol. The van der Waals surface area contributed by atoms with Crippen molar-refractivity contribution in [1.82, 2.24) is 9.80 Å². The van der Waals surface area contributed by atoms with Crippen molar-refractivity contribution in [3.63, 3.8) is 0 Å². The number of carboxylic acids is 1. The summed E-state index contributed by atoms with van der Waals surface area (Å²) in [6, 6.07) is 0. The molecule has 1 unspecified atom stereocenters. The van der Waals surface area contributed by atoms with Crippen LogP contribution in [0.15, 0.2) is 36.7 Å². The molecule has 2 aliphatic heterocycles. The molecule has 102 valence electrons. The van der Waals surface area contributed by atoms with Gasteiger partial charge < -0.3 is 14.9 Å². The van der Waals surface area contributed by atoms with Gasteiger partial charge in [-0.15, -0.1) is 0 Å². The van der Waals surface area contributed by atoms with E-state index in [9.17, 15) is 9.59 Å². The minimum absolute atomic E-state index is 0.0957. The molecule has 0 aromatic rings. The van der Waals surface area contributed by atoms with Gasteiger partial charge in [-0.1, -0.05) is 19.7 Å². The topological polar surface area (TPSA) is 60.9 Å². The summed E-state index contributed by atoms with van der Waals surface area (Å²) >= 11 is 0. The van der Waals surface area contributed by atoms with E-state index < -0.39 is 11.9 Å². The Labute approximate surface area is 112 Å². The molecular formula is C14H18N2O3. The number of likely N-dealkylation sites (tertiary alicyclic amines) is 2. The fraction of sp³-hybridized carbons (Fsp3) is 0.429. The Morgan fingerprint density at radius 3 is 2.47 bits per heavy atom. The highest BCUT2D eigenvalue weighted by molar-refractivity contribution is 5.86. The summed E-state index contributed by atoms with van der Waals surface area (Å²) in [5, 5.41) is 8.92. The van der Waals surface area contributed by atoms with Gasteiger partial charge in [0.25, 0.3) is 0 Å². The lowest BCUT2D eigenvalue weighted by atomic mass is 10.1. The second-order valence-corrected chi connectivity index (χ2v) is 5.02. The number of aliphatic carboxylic acids is 1. The Kier molecular flexibility index (Phi) is 3.46. The van der Waals surface area contributed by atoms with E-state index in [-0.39, 0.29) is 12.3 Å². The minimum atomic E-state index is -0.904. The number of amides is 1. The van der Waals surface area contributed by atoms with E-state index in [0.29, 0.717) is 26.1 Å². The average Bonchev–Trinajstić information content (AvgIpc) is 2.80. The summed E-state index contributed by atoms with van der Waals surface area (Å²) in [6.45, 7) is 13.2. The number of carbonyl (C=O) groups is 2. The number of rotatable bonds is 4. The van der Waals surface area contributed by atoms with Crippen LogP contribution in [0, 0.1) is 5.92 Å². The normalized spacial score (nSPS) is 23.7. The number of nitrogens with zero attached hydrogens (tertiary/aromatic N) is 2. The molecule has 5 nitrogen and oxygen atoms in total. The fourth-order valence-corrected chi connectivity index (χ4v) is 2.49. The molecule has 1 N–H and O–H groups in total. The van der Waals surface area contributed by atoms with Gasteiger partial charge in [-0.3, -0.25) is 9.59 Å². The van der Waals surface area contributed by atoms with Crippen LogP contribution in [-0.2, 0) is 9.59 Å². The molecule has 2 fully saturated rings. The number of carboxylic acid groups (broad SMARTS) is 1. The van der Waals surface area contributed by atoms with Gasteiger partial charge in [0.2, 0.25) is 5.91 Å². The molecule has 1 amide bonds. The molecule has 0 saturated carbocycles. The van der Waals surface area contributed by atoms with E-state index in [1.165, 1.54) is 0 Å². The zero-order valence-corrected chi connectivity index (χ0v) is 10.9. The molecule has 2 saturated heterocycles. The lowest BCUT2D eigenvalue weighted by molar-refractivity contribution is -0.141. The third-order valence-electron chi connectivity index (χ3n) is 3.69. The van der Waals surface area contributed by atoms with Gasteiger partial charge in [0.05, 0.1) is 5.92 Å². The summed E-state index contributed by atoms with van der Waals surface area (Å²) in [6.07, 6.45) is 0.814. The summed E-state index contributed by atoms with van der Waals surface area (Å²) < 4.78 is 0. The largest absolute Gasteiger partial charge is 0.481 e. The van der Waals surface area contributed by atoms with Gasteiger partial charge in [0.1, 0.15) is 0 Å². The molecule has 2 aliphatic rings. The first-order valence-electron chi connectivity index (χ1n) is 6.23. The monoisotopic (exact) mass is 262 g/mol. The fourth-order valence-electron chi connectivity index (χ4n) is 2.49. The highest BCUT2D eigenvalue weighted by atomic mass is 16.4. The third kappa shape index (κ3) is 2.54. The van der Waals surface area contributed by atoms with Crippen LogP contribution in [-0.4, -0.2) is 46.4 Å².